The molecule has 1 atom stereocenters. The number of anilines is 1. The molecule has 126 valence electrons. The van der Waals surface area contributed by atoms with Crippen LogP contribution in [0.25, 0.3) is 0 Å². The number of hydrogen-bond acceptors (Lipinski definition) is 3. The average molecular weight is 322 g/mol. The molecule has 1 aromatic carbocycles. The molecule has 1 N–H and O–H groups in total. The Labute approximate surface area is 135 Å². The third-order valence-corrected chi connectivity index (χ3v) is 4.26. The summed E-state index contributed by atoms with van der Waals surface area (Å²) in [6.45, 7) is 0.597. The molecule has 1 amide bonds. The second kappa shape index (κ2) is 7.44. The van der Waals surface area contributed by atoms with Crippen molar-refractivity contribution in [1.82, 2.24) is 4.90 Å². The summed E-state index contributed by atoms with van der Waals surface area (Å²) in [7, 11) is 3.49. The van der Waals surface area contributed by atoms with Gasteiger partial charge in [0.05, 0.1) is 5.69 Å². The fourth-order valence-corrected chi connectivity index (χ4v) is 3.03. The predicted molar refractivity (Wildman–Crippen MR) is 86.3 cm³/mol. The standard InChI is InChI=1S/C17H23FN2O3/c1-19(2)15-8-6-12(11-14(15)18)17(23)20-10-4-3-5-13(20)7-9-16(21)22/h6,8,11,13H,3-5,7,9-10H2,1-2H3,(H,21,22). The molecule has 1 aliphatic heterocycles. The maximum Gasteiger partial charge on any atom is 0.303 e. The van der Waals surface area contributed by atoms with Gasteiger partial charge in [-0.3, -0.25) is 9.59 Å². The highest BCUT2D eigenvalue weighted by Crippen LogP contribution is 2.25. The number of rotatable bonds is 5. The number of hydrogen-bond donors (Lipinski definition) is 1. The molecule has 6 heteroatoms. The molecule has 0 aliphatic carbocycles. The van der Waals surface area contributed by atoms with Crippen LogP contribution in [0.3, 0.4) is 0 Å². The summed E-state index contributed by atoms with van der Waals surface area (Å²) in [5, 5.41) is 8.85. The minimum Gasteiger partial charge on any atom is -0.481 e. The van der Waals surface area contributed by atoms with E-state index in [2.05, 4.69) is 0 Å². The Morgan fingerprint density at radius 2 is 2.09 bits per heavy atom. The molecule has 0 radical (unpaired) electrons. The molecule has 0 bridgehead atoms. The summed E-state index contributed by atoms with van der Waals surface area (Å²) in [5.74, 6) is -1.51. The highest BCUT2D eigenvalue weighted by molar-refractivity contribution is 5.95. The zero-order valence-electron chi connectivity index (χ0n) is 13.6. The Kier molecular flexibility index (Phi) is 5.58. The number of halogens is 1. The van der Waals surface area contributed by atoms with Gasteiger partial charge in [0.1, 0.15) is 5.82 Å². The summed E-state index contributed by atoms with van der Waals surface area (Å²) in [6, 6.07) is 4.41. The zero-order chi connectivity index (χ0) is 17.0. The minimum atomic E-state index is -0.857. The molecule has 1 aliphatic rings. The maximum absolute atomic E-state index is 14.1. The number of piperidine rings is 1. The van der Waals surface area contributed by atoms with Crippen molar-refractivity contribution < 1.29 is 19.1 Å². The van der Waals surface area contributed by atoms with Gasteiger partial charge in [0, 0.05) is 38.7 Å². The molecule has 1 unspecified atom stereocenters. The number of carbonyl (C=O) groups is 2. The minimum absolute atomic E-state index is 0.0440. The molecule has 0 aromatic heterocycles. The topological polar surface area (TPSA) is 60.9 Å². The van der Waals surface area contributed by atoms with Gasteiger partial charge in [-0.25, -0.2) is 4.39 Å². The van der Waals surface area contributed by atoms with Crippen LogP contribution in [0.1, 0.15) is 42.5 Å². The second-order valence-corrected chi connectivity index (χ2v) is 6.14. The Hall–Kier alpha value is -2.11. The summed E-state index contributed by atoms with van der Waals surface area (Å²) in [6.07, 6.45) is 3.18. The van der Waals surface area contributed by atoms with Gasteiger partial charge in [-0.05, 0) is 43.9 Å². The number of carbonyl (C=O) groups excluding carboxylic acids is 1. The van der Waals surface area contributed by atoms with Crippen LogP contribution in [0.2, 0.25) is 0 Å². The lowest BCUT2D eigenvalue weighted by molar-refractivity contribution is -0.137. The summed E-state index contributed by atoms with van der Waals surface area (Å²) in [5.41, 5.74) is 0.748. The first-order chi connectivity index (χ1) is 10.9. The van der Waals surface area contributed by atoms with Gasteiger partial charge >= 0.3 is 5.97 Å². The third kappa shape index (κ3) is 4.21. The fraction of sp³-hybridized carbons (Fsp3) is 0.529. The van der Waals surface area contributed by atoms with Crippen molar-refractivity contribution in [2.75, 3.05) is 25.5 Å². The summed E-state index contributed by atoms with van der Waals surface area (Å²) in [4.78, 5) is 26.8. The van der Waals surface area contributed by atoms with Gasteiger partial charge in [-0.2, -0.15) is 0 Å². The number of aliphatic carboxylic acids is 1. The monoisotopic (exact) mass is 322 g/mol. The van der Waals surface area contributed by atoms with Crippen LogP contribution in [-0.2, 0) is 4.79 Å². The molecule has 1 fully saturated rings. The van der Waals surface area contributed by atoms with E-state index in [1.165, 1.54) is 6.07 Å². The van der Waals surface area contributed by atoms with Crippen LogP contribution >= 0.6 is 0 Å². The van der Waals surface area contributed by atoms with Gasteiger partial charge < -0.3 is 14.9 Å². The van der Waals surface area contributed by atoms with Gasteiger partial charge in [0.15, 0.2) is 0 Å². The molecule has 0 saturated carbocycles. The third-order valence-electron chi connectivity index (χ3n) is 4.26. The van der Waals surface area contributed by atoms with Crippen LogP contribution in [0.4, 0.5) is 10.1 Å². The maximum atomic E-state index is 14.1. The van der Waals surface area contributed by atoms with E-state index in [9.17, 15) is 14.0 Å². The Balaban J connectivity index is 2.16. The zero-order valence-corrected chi connectivity index (χ0v) is 13.6. The van der Waals surface area contributed by atoms with Gasteiger partial charge in [-0.1, -0.05) is 0 Å². The SMILES string of the molecule is CN(C)c1ccc(C(=O)N2CCCCC2CCC(=O)O)cc1F. The predicted octanol–water partition coefficient (Wildman–Crippen LogP) is 2.75. The lowest BCUT2D eigenvalue weighted by Gasteiger charge is -2.35. The smallest absolute Gasteiger partial charge is 0.303 e. The molecule has 1 aromatic rings. The fourth-order valence-electron chi connectivity index (χ4n) is 3.03. The van der Waals surface area contributed by atoms with E-state index in [1.807, 2.05) is 0 Å². The number of amides is 1. The van der Waals surface area contributed by atoms with Crippen molar-refractivity contribution in [2.24, 2.45) is 0 Å². The van der Waals surface area contributed by atoms with Crippen LogP contribution in [-0.4, -0.2) is 48.6 Å². The van der Waals surface area contributed by atoms with E-state index in [1.54, 1.807) is 36.0 Å². The molecule has 1 saturated heterocycles. The largest absolute Gasteiger partial charge is 0.481 e. The van der Waals surface area contributed by atoms with Crippen LogP contribution in [0.5, 0.6) is 0 Å². The van der Waals surface area contributed by atoms with E-state index in [-0.39, 0.29) is 18.4 Å². The average Bonchev–Trinajstić information content (AvgIpc) is 2.52. The Bertz CT molecular complexity index is 589. The van der Waals surface area contributed by atoms with Gasteiger partial charge in [0.25, 0.3) is 5.91 Å². The highest BCUT2D eigenvalue weighted by atomic mass is 19.1. The Morgan fingerprint density at radius 1 is 1.35 bits per heavy atom. The first kappa shape index (κ1) is 17.2. The molecule has 2 rings (SSSR count). The summed E-state index contributed by atoms with van der Waals surface area (Å²) < 4.78 is 14.1. The normalized spacial score (nSPS) is 17.9. The van der Waals surface area contributed by atoms with Crippen LogP contribution in [0.15, 0.2) is 18.2 Å². The van der Waals surface area contributed by atoms with Gasteiger partial charge in [0.2, 0.25) is 0 Å². The summed E-state index contributed by atoms with van der Waals surface area (Å²) >= 11 is 0. The number of carboxylic acid groups (broad SMARTS) is 1. The Morgan fingerprint density at radius 3 is 2.70 bits per heavy atom. The molecule has 1 heterocycles. The first-order valence-corrected chi connectivity index (χ1v) is 7.89. The number of nitrogens with zero attached hydrogens (tertiary/aromatic N) is 2. The van der Waals surface area contributed by atoms with Crippen LogP contribution in [0, 0.1) is 5.82 Å². The van der Waals surface area contributed by atoms with Crippen molar-refractivity contribution >= 4 is 17.6 Å². The molecular weight excluding hydrogens is 299 g/mol. The number of benzene rings is 1. The van der Waals surface area contributed by atoms with Crippen molar-refractivity contribution in [3.8, 4) is 0 Å². The first-order valence-electron chi connectivity index (χ1n) is 7.89. The van der Waals surface area contributed by atoms with Crippen molar-refractivity contribution in [3.05, 3.63) is 29.6 Å². The molecule has 23 heavy (non-hydrogen) atoms. The van der Waals surface area contributed by atoms with E-state index in [0.717, 1.165) is 19.3 Å². The van der Waals surface area contributed by atoms with Crippen molar-refractivity contribution in [1.29, 1.82) is 0 Å². The lowest BCUT2D eigenvalue weighted by atomic mass is 9.97. The van der Waals surface area contributed by atoms with Crippen molar-refractivity contribution in [3.63, 3.8) is 0 Å². The molecular formula is C17H23FN2O3. The van der Waals surface area contributed by atoms with Crippen molar-refractivity contribution in [2.45, 2.75) is 38.1 Å². The van der Waals surface area contributed by atoms with E-state index < -0.39 is 11.8 Å². The second-order valence-electron chi connectivity index (χ2n) is 6.14. The highest BCUT2D eigenvalue weighted by Gasteiger charge is 2.28. The molecule has 0 spiro atoms. The lowest BCUT2D eigenvalue weighted by Crippen LogP contribution is -2.44. The number of likely N-dealkylation sites (tertiary alicyclic amines) is 1. The van der Waals surface area contributed by atoms with E-state index >= 15 is 0 Å². The van der Waals surface area contributed by atoms with Gasteiger partial charge in [-0.15, -0.1) is 0 Å². The van der Waals surface area contributed by atoms with E-state index in [0.29, 0.717) is 24.2 Å². The quantitative estimate of drug-likeness (QED) is 0.905. The molecule has 5 nitrogen and oxygen atoms in total. The van der Waals surface area contributed by atoms with Crippen LogP contribution < -0.4 is 4.90 Å². The number of carboxylic acids is 1. The van der Waals surface area contributed by atoms with E-state index in [4.69, 9.17) is 5.11 Å².